The van der Waals surface area contributed by atoms with E-state index in [1.165, 1.54) is 5.56 Å². The fourth-order valence-corrected chi connectivity index (χ4v) is 1.74. The molecule has 80 valence electrons. The van der Waals surface area contributed by atoms with Gasteiger partial charge in [-0.1, -0.05) is 48.0 Å². The van der Waals surface area contributed by atoms with E-state index >= 15 is 0 Å². The Labute approximate surface area is 94.9 Å². The molecule has 2 rings (SSSR count). The van der Waals surface area contributed by atoms with Crippen LogP contribution in [0, 0.1) is 6.92 Å². The van der Waals surface area contributed by atoms with Crippen LogP contribution in [0.4, 0.5) is 5.69 Å². The van der Waals surface area contributed by atoms with E-state index in [0.717, 1.165) is 16.8 Å². The van der Waals surface area contributed by atoms with E-state index < -0.39 is 0 Å². The molecular weight excluding hydrogens is 198 g/mol. The highest BCUT2D eigenvalue weighted by Crippen LogP contribution is 2.27. The summed E-state index contributed by atoms with van der Waals surface area (Å²) in [6, 6.07) is 16.0. The zero-order valence-corrected chi connectivity index (χ0v) is 9.10. The topological polar surface area (TPSA) is 29.1 Å². The van der Waals surface area contributed by atoms with E-state index in [-0.39, 0.29) is 0 Å². The molecule has 0 aliphatic heterocycles. The van der Waals surface area contributed by atoms with Gasteiger partial charge in [-0.3, -0.25) is 4.79 Å². The molecule has 2 aromatic carbocycles. The van der Waals surface area contributed by atoms with Crippen molar-refractivity contribution in [3.05, 3.63) is 54.1 Å². The molecular formula is C14H13NO. The van der Waals surface area contributed by atoms with Gasteiger partial charge in [0.15, 0.2) is 0 Å². The van der Waals surface area contributed by atoms with Crippen LogP contribution in [0.3, 0.4) is 0 Å². The molecule has 0 fully saturated rings. The van der Waals surface area contributed by atoms with Crippen LogP contribution in [0.25, 0.3) is 11.1 Å². The minimum atomic E-state index is 0.703. The molecule has 0 aliphatic carbocycles. The smallest absolute Gasteiger partial charge is 0.211 e. The van der Waals surface area contributed by atoms with Crippen LogP contribution < -0.4 is 5.32 Å². The van der Waals surface area contributed by atoms with Gasteiger partial charge < -0.3 is 5.32 Å². The van der Waals surface area contributed by atoms with Crippen molar-refractivity contribution in [1.29, 1.82) is 0 Å². The lowest BCUT2D eigenvalue weighted by molar-refractivity contribution is -0.105. The van der Waals surface area contributed by atoms with Gasteiger partial charge in [-0.25, -0.2) is 0 Å². The molecule has 0 saturated heterocycles. The summed E-state index contributed by atoms with van der Waals surface area (Å²) in [4.78, 5) is 10.5. The maximum absolute atomic E-state index is 10.5. The number of aryl methyl sites for hydroxylation is 1. The highest BCUT2D eigenvalue weighted by Gasteiger charge is 2.03. The Bertz CT molecular complexity index is 506. The number of hydrogen-bond donors (Lipinski definition) is 1. The second-order valence-corrected chi connectivity index (χ2v) is 3.68. The summed E-state index contributed by atoms with van der Waals surface area (Å²) in [7, 11) is 0. The van der Waals surface area contributed by atoms with E-state index in [2.05, 4.69) is 24.4 Å². The summed E-state index contributed by atoms with van der Waals surface area (Å²) < 4.78 is 0. The zero-order valence-electron chi connectivity index (χ0n) is 9.10. The van der Waals surface area contributed by atoms with Crippen molar-refractivity contribution < 1.29 is 4.79 Å². The summed E-state index contributed by atoms with van der Waals surface area (Å²) in [5, 5.41) is 2.71. The van der Waals surface area contributed by atoms with Gasteiger partial charge in [0.2, 0.25) is 6.41 Å². The summed E-state index contributed by atoms with van der Waals surface area (Å²) in [5.74, 6) is 0. The Hall–Kier alpha value is -2.09. The lowest BCUT2D eigenvalue weighted by Crippen LogP contribution is -1.95. The van der Waals surface area contributed by atoms with E-state index in [9.17, 15) is 4.79 Å². The predicted molar refractivity (Wildman–Crippen MR) is 66.3 cm³/mol. The monoisotopic (exact) mass is 211 g/mol. The Morgan fingerprint density at radius 2 is 1.88 bits per heavy atom. The fraction of sp³-hybridized carbons (Fsp3) is 0.0714. The first-order chi connectivity index (χ1) is 7.81. The summed E-state index contributed by atoms with van der Waals surface area (Å²) in [6.45, 7) is 2.05. The number of rotatable bonds is 3. The van der Waals surface area contributed by atoms with Crippen molar-refractivity contribution in [2.24, 2.45) is 0 Å². The highest BCUT2D eigenvalue weighted by molar-refractivity contribution is 5.85. The number of nitrogens with one attached hydrogen (secondary N) is 1. The number of carbonyl (C=O) groups is 1. The molecule has 0 bridgehead atoms. The quantitative estimate of drug-likeness (QED) is 0.776. The molecule has 1 N–H and O–H groups in total. The maximum atomic E-state index is 10.5. The van der Waals surface area contributed by atoms with E-state index in [0.29, 0.717) is 6.41 Å². The molecule has 0 saturated carbocycles. The van der Waals surface area contributed by atoms with Crippen molar-refractivity contribution in [1.82, 2.24) is 0 Å². The van der Waals surface area contributed by atoms with Crippen molar-refractivity contribution in [2.75, 3.05) is 5.32 Å². The van der Waals surface area contributed by atoms with Crippen molar-refractivity contribution in [3.8, 4) is 11.1 Å². The summed E-state index contributed by atoms with van der Waals surface area (Å²) in [5.41, 5.74) is 4.20. The van der Waals surface area contributed by atoms with Crippen LogP contribution in [0.2, 0.25) is 0 Å². The molecule has 0 spiro atoms. The van der Waals surface area contributed by atoms with Crippen LogP contribution in [-0.4, -0.2) is 6.41 Å². The molecule has 2 aromatic rings. The Morgan fingerprint density at radius 1 is 1.06 bits per heavy atom. The lowest BCUT2D eigenvalue weighted by atomic mass is 10.0. The largest absolute Gasteiger partial charge is 0.328 e. The number of para-hydroxylation sites is 1. The van der Waals surface area contributed by atoms with Crippen LogP contribution in [0.1, 0.15) is 5.56 Å². The van der Waals surface area contributed by atoms with Crippen LogP contribution in [0.15, 0.2) is 48.5 Å². The summed E-state index contributed by atoms with van der Waals surface area (Å²) >= 11 is 0. The fourth-order valence-electron chi connectivity index (χ4n) is 1.74. The molecule has 0 aromatic heterocycles. The second-order valence-electron chi connectivity index (χ2n) is 3.68. The van der Waals surface area contributed by atoms with Crippen molar-refractivity contribution >= 4 is 12.1 Å². The molecule has 0 heterocycles. The average molecular weight is 211 g/mol. The van der Waals surface area contributed by atoms with Gasteiger partial charge in [0.1, 0.15) is 0 Å². The lowest BCUT2D eigenvalue weighted by Gasteiger charge is -2.08. The van der Waals surface area contributed by atoms with Crippen molar-refractivity contribution in [2.45, 2.75) is 6.92 Å². The Balaban J connectivity index is 2.50. The average Bonchev–Trinajstić information content (AvgIpc) is 2.30. The van der Waals surface area contributed by atoms with E-state index in [1.807, 2.05) is 36.4 Å². The number of anilines is 1. The Morgan fingerprint density at radius 3 is 2.62 bits per heavy atom. The SMILES string of the molecule is Cc1cccc(-c2ccccc2NC=O)c1. The Kier molecular flexibility index (Phi) is 3.01. The first-order valence-corrected chi connectivity index (χ1v) is 5.17. The molecule has 2 nitrogen and oxygen atoms in total. The van der Waals surface area contributed by atoms with E-state index in [1.54, 1.807) is 0 Å². The van der Waals surface area contributed by atoms with Gasteiger partial charge in [0.25, 0.3) is 0 Å². The van der Waals surface area contributed by atoms with Gasteiger partial charge in [-0.15, -0.1) is 0 Å². The van der Waals surface area contributed by atoms with Crippen LogP contribution >= 0.6 is 0 Å². The van der Waals surface area contributed by atoms with Crippen molar-refractivity contribution in [3.63, 3.8) is 0 Å². The molecule has 2 heteroatoms. The molecule has 0 unspecified atom stereocenters. The number of carbonyl (C=O) groups excluding carboxylic acids is 1. The van der Waals surface area contributed by atoms with Gasteiger partial charge in [0.05, 0.1) is 0 Å². The molecule has 16 heavy (non-hydrogen) atoms. The molecule has 0 aliphatic rings. The van der Waals surface area contributed by atoms with Gasteiger partial charge in [-0.2, -0.15) is 0 Å². The summed E-state index contributed by atoms with van der Waals surface area (Å²) in [6.07, 6.45) is 0.703. The second kappa shape index (κ2) is 4.62. The minimum absolute atomic E-state index is 0.703. The molecule has 1 amide bonds. The third kappa shape index (κ3) is 2.11. The standard InChI is InChI=1S/C14H13NO/c1-11-5-4-6-12(9-11)13-7-2-3-8-14(13)15-10-16/h2-10H,1H3,(H,15,16). The molecule has 0 atom stereocenters. The van der Waals surface area contributed by atoms with Gasteiger partial charge in [-0.05, 0) is 18.6 Å². The third-order valence-electron chi connectivity index (χ3n) is 2.47. The first kappa shape index (κ1) is 10.4. The number of amides is 1. The van der Waals surface area contributed by atoms with Gasteiger partial charge >= 0.3 is 0 Å². The minimum Gasteiger partial charge on any atom is -0.328 e. The predicted octanol–water partition coefficient (Wildman–Crippen LogP) is 3.23. The zero-order chi connectivity index (χ0) is 11.4. The van der Waals surface area contributed by atoms with Gasteiger partial charge in [0, 0.05) is 11.3 Å². The van der Waals surface area contributed by atoms with Crippen LogP contribution in [-0.2, 0) is 4.79 Å². The maximum Gasteiger partial charge on any atom is 0.211 e. The first-order valence-electron chi connectivity index (χ1n) is 5.17. The third-order valence-corrected chi connectivity index (χ3v) is 2.47. The number of hydrogen-bond acceptors (Lipinski definition) is 1. The molecule has 0 radical (unpaired) electrons. The van der Waals surface area contributed by atoms with E-state index in [4.69, 9.17) is 0 Å². The normalized spacial score (nSPS) is 9.81. The highest BCUT2D eigenvalue weighted by atomic mass is 16.1. The number of benzene rings is 2. The van der Waals surface area contributed by atoms with Crippen LogP contribution in [0.5, 0.6) is 0 Å².